The Kier molecular flexibility index (Phi) is 4.40. The molecule has 1 aliphatic heterocycles. The average Bonchev–Trinajstić information content (AvgIpc) is 2.32. The first-order valence-corrected chi connectivity index (χ1v) is 7.16. The van der Waals surface area contributed by atoms with Gasteiger partial charge in [-0.1, -0.05) is 22.0 Å². The first kappa shape index (κ1) is 13.6. The van der Waals surface area contributed by atoms with E-state index in [-0.39, 0.29) is 11.9 Å². The number of hydrogen-bond donors (Lipinski definition) is 2. The summed E-state index contributed by atoms with van der Waals surface area (Å²) in [4.78, 5) is 12.1. The molecule has 0 spiro atoms. The molecule has 0 aliphatic carbocycles. The normalized spacial score (nSPS) is 23.7. The van der Waals surface area contributed by atoms with Crippen LogP contribution in [0.15, 0.2) is 22.7 Å². The molecule has 4 heteroatoms. The predicted octanol–water partition coefficient (Wildman–Crippen LogP) is 2.63. The number of amides is 1. The van der Waals surface area contributed by atoms with E-state index in [0.717, 1.165) is 35.0 Å². The molecule has 1 aliphatic rings. The van der Waals surface area contributed by atoms with Gasteiger partial charge in [-0.05, 0) is 50.9 Å². The summed E-state index contributed by atoms with van der Waals surface area (Å²) in [6.07, 6.45) is 2.00. The highest BCUT2D eigenvalue weighted by Gasteiger charge is 2.20. The Labute approximate surface area is 116 Å². The van der Waals surface area contributed by atoms with Crippen LogP contribution < -0.4 is 10.6 Å². The second kappa shape index (κ2) is 5.85. The van der Waals surface area contributed by atoms with E-state index in [2.05, 4.69) is 33.5 Å². The molecule has 0 saturated carbocycles. The van der Waals surface area contributed by atoms with Crippen LogP contribution in [0.2, 0.25) is 0 Å². The first-order chi connectivity index (χ1) is 8.56. The maximum absolute atomic E-state index is 12.1. The number of benzene rings is 1. The van der Waals surface area contributed by atoms with E-state index in [1.54, 1.807) is 0 Å². The molecule has 2 rings (SSSR count). The number of piperidine rings is 1. The van der Waals surface area contributed by atoms with Gasteiger partial charge in [-0.15, -0.1) is 0 Å². The van der Waals surface area contributed by atoms with Gasteiger partial charge < -0.3 is 10.6 Å². The zero-order valence-electron chi connectivity index (χ0n) is 10.8. The number of nitrogens with one attached hydrogen (secondary N) is 2. The molecule has 1 heterocycles. The summed E-state index contributed by atoms with van der Waals surface area (Å²) in [5.41, 5.74) is 1.86. The van der Waals surface area contributed by atoms with Crippen molar-refractivity contribution < 1.29 is 4.79 Å². The number of carbonyl (C=O) groups is 1. The summed E-state index contributed by atoms with van der Waals surface area (Å²) in [5.74, 6) is 0.0230. The standard InChI is InChI=1S/C14H19BrN2O/c1-9-3-4-11(8-13(9)15)14(18)17-12-5-6-16-10(2)7-12/h3-4,8,10,12,16H,5-7H2,1-2H3,(H,17,18). The van der Waals surface area contributed by atoms with Crippen molar-refractivity contribution in [2.75, 3.05) is 6.54 Å². The van der Waals surface area contributed by atoms with Crippen LogP contribution in [-0.4, -0.2) is 24.5 Å². The van der Waals surface area contributed by atoms with Crippen molar-refractivity contribution in [3.05, 3.63) is 33.8 Å². The summed E-state index contributed by atoms with van der Waals surface area (Å²) in [6, 6.07) is 6.49. The fraction of sp³-hybridized carbons (Fsp3) is 0.500. The van der Waals surface area contributed by atoms with E-state index in [0.29, 0.717) is 6.04 Å². The third kappa shape index (κ3) is 3.33. The third-order valence-electron chi connectivity index (χ3n) is 3.39. The Morgan fingerprint density at radius 2 is 2.28 bits per heavy atom. The van der Waals surface area contributed by atoms with Gasteiger partial charge in [0.15, 0.2) is 0 Å². The van der Waals surface area contributed by atoms with Gasteiger partial charge in [0.2, 0.25) is 0 Å². The molecule has 1 amide bonds. The second-order valence-corrected chi connectivity index (χ2v) is 5.87. The van der Waals surface area contributed by atoms with E-state index in [1.165, 1.54) is 0 Å². The fourth-order valence-electron chi connectivity index (χ4n) is 2.27. The van der Waals surface area contributed by atoms with E-state index in [9.17, 15) is 4.79 Å². The van der Waals surface area contributed by atoms with Crippen LogP contribution in [0.4, 0.5) is 0 Å². The van der Waals surface area contributed by atoms with Crippen LogP contribution in [0.1, 0.15) is 35.7 Å². The Balaban J connectivity index is 2.00. The number of rotatable bonds is 2. The quantitative estimate of drug-likeness (QED) is 0.881. The van der Waals surface area contributed by atoms with Crippen LogP contribution in [0.25, 0.3) is 0 Å². The summed E-state index contributed by atoms with van der Waals surface area (Å²) in [7, 11) is 0. The van der Waals surface area contributed by atoms with Gasteiger partial charge in [0.1, 0.15) is 0 Å². The van der Waals surface area contributed by atoms with Crippen LogP contribution in [0.3, 0.4) is 0 Å². The highest BCUT2D eigenvalue weighted by Crippen LogP contribution is 2.18. The van der Waals surface area contributed by atoms with Crippen molar-refractivity contribution in [3.8, 4) is 0 Å². The lowest BCUT2D eigenvalue weighted by molar-refractivity contribution is 0.0925. The van der Waals surface area contributed by atoms with Crippen LogP contribution in [-0.2, 0) is 0 Å². The topological polar surface area (TPSA) is 41.1 Å². The van der Waals surface area contributed by atoms with Crippen molar-refractivity contribution in [1.29, 1.82) is 0 Å². The SMILES string of the molecule is Cc1ccc(C(=O)NC2CCNC(C)C2)cc1Br. The lowest BCUT2D eigenvalue weighted by Gasteiger charge is -2.28. The van der Waals surface area contributed by atoms with Crippen molar-refractivity contribution >= 4 is 21.8 Å². The highest BCUT2D eigenvalue weighted by molar-refractivity contribution is 9.10. The van der Waals surface area contributed by atoms with Crippen LogP contribution in [0, 0.1) is 6.92 Å². The maximum atomic E-state index is 12.1. The van der Waals surface area contributed by atoms with Gasteiger partial charge in [-0.25, -0.2) is 0 Å². The van der Waals surface area contributed by atoms with Gasteiger partial charge in [0.25, 0.3) is 5.91 Å². The summed E-state index contributed by atoms with van der Waals surface area (Å²) in [5, 5.41) is 6.50. The molecule has 0 bridgehead atoms. The van der Waals surface area contributed by atoms with E-state index in [1.807, 2.05) is 25.1 Å². The van der Waals surface area contributed by atoms with Gasteiger partial charge >= 0.3 is 0 Å². The Morgan fingerprint density at radius 3 is 2.94 bits per heavy atom. The molecule has 1 aromatic carbocycles. The highest BCUT2D eigenvalue weighted by atomic mass is 79.9. The summed E-state index contributed by atoms with van der Waals surface area (Å²) < 4.78 is 0.980. The van der Waals surface area contributed by atoms with E-state index in [4.69, 9.17) is 0 Å². The Morgan fingerprint density at radius 1 is 1.50 bits per heavy atom. The van der Waals surface area contributed by atoms with Gasteiger partial charge in [0, 0.05) is 22.1 Å². The summed E-state index contributed by atoms with van der Waals surface area (Å²) in [6.45, 7) is 5.14. The molecular weight excluding hydrogens is 292 g/mol. The largest absolute Gasteiger partial charge is 0.349 e. The van der Waals surface area contributed by atoms with Crippen molar-refractivity contribution in [2.45, 2.75) is 38.8 Å². The number of halogens is 1. The maximum Gasteiger partial charge on any atom is 0.251 e. The average molecular weight is 311 g/mol. The fourth-order valence-corrected chi connectivity index (χ4v) is 2.64. The summed E-state index contributed by atoms with van der Waals surface area (Å²) >= 11 is 3.46. The molecule has 1 saturated heterocycles. The minimum atomic E-state index is 0.0230. The zero-order valence-corrected chi connectivity index (χ0v) is 12.4. The minimum Gasteiger partial charge on any atom is -0.349 e. The van der Waals surface area contributed by atoms with Crippen molar-refractivity contribution in [3.63, 3.8) is 0 Å². The third-order valence-corrected chi connectivity index (χ3v) is 4.25. The smallest absolute Gasteiger partial charge is 0.251 e. The molecule has 0 aromatic heterocycles. The number of carbonyl (C=O) groups excluding carboxylic acids is 1. The van der Waals surface area contributed by atoms with Gasteiger partial charge in [0.05, 0.1) is 0 Å². The molecule has 98 valence electrons. The predicted molar refractivity (Wildman–Crippen MR) is 76.8 cm³/mol. The van der Waals surface area contributed by atoms with Crippen LogP contribution in [0.5, 0.6) is 0 Å². The molecule has 1 fully saturated rings. The molecule has 2 atom stereocenters. The molecule has 1 aromatic rings. The van der Waals surface area contributed by atoms with Gasteiger partial charge in [-0.3, -0.25) is 4.79 Å². The van der Waals surface area contributed by atoms with E-state index >= 15 is 0 Å². The number of aryl methyl sites for hydroxylation is 1. The Bertz CT molecular complexity index is 447. The molecule has 2 unspecified atom stereocenters. The molecule has 2 N–H and O–H groups in total. The van der Waals surface area contributed by atoms with Gasteiger partial charge in [-0.2, -0.15) is 0 Å². The number of hydrogen-bond acceptors (Lipinski definition) is 2. The first-order valence-electron chi connectivity index (χ1n) is 6.36. The Hall–Kier alpha value is -0.870. The minimum absolute atomic E-state index is 0.0230. The molecule has 0 radical (unpaired) electrons. The lowest BCUT2D eigenvalue weighted by Crippen LogP contribution is -2.46. The van der Waals surface area contributed by atoms with Crippen LogP contribution >= 0.6 is 15.9 Å². The zero-order chi connectivity index (χ0) is 13.1. The monoisotopic (exact) mass is 310 g/mol. The second-order valence-electron chi connectivity index (χ2n) is 5.01. The molecule has 18 heavy (non-hydrogen) atoms. The molecule has 3 nitrogen and oxygen atoms in total. The van der Waals surface area contributed by atoms with E-state index < -0.39 is 0 Å². The lowest BCUT2D eigenvalue weighted by atomic mass is 10.00. The molecular formula is C14H19BrN2O. The van der Waals surface area contributed by atoms with Crippen molar-refractivity contribution in [2.24, 2.45) is 0 Å². The van der Waals surface area contributed by atoms with Crippen molar-refractivity contribution in [1.82, 2.24) is 10.6 Å².